The molecule has 15 heteroatoms. The lowest BCUT2D eigenvalue weighted by atomic mass is 9.81. The molecular weight excluding hydrogens is 578 g/mol. The van der Waals surface area contributed by atoms with E-state index in [-0.39, 0.29) is 33.4 Å². The molecule has 3 aromatic carbocycles. The lowest BCUT2D eigenvalue weighted by Gasteiger charge is -2.36. The molecule has 1 unspecified atom stereocenters. The molecule has 0 aliphatic carbocycles. The molecule has 0 saturated carbocycles. The van der Waals surface area contributed by atoms with Crippen molar-refractivity contribution in [2.24, 2.45) is 5.73 Å². The molecule has 41 heavy (non-hydrogen) atoms. The van der Waals surface area contributed by atoms with Crippen molar-refractivity contribution in [2.45, 2.75) is 15.7 Å². The predicted octanol–water partition coefficient (Wildman–Crippen LogP) is 2.23. The second kappa shape index (κ2) is 10.7. The highest BCUT2D eigenvalue weighted by Gasteiger charge is 2.43. The van der Waals surface area contributed by atoms with Gasteiger partial charge in [0.25, 0.3) is 20.2 Å². The summed E-state index contributed by atoms with van der Waals surface area (Å²) in [6, 6.07) is 15.4. The van der Waals surface area contributed by atoms with E-state index in [1.54, 1.807) is 30.3 Å². The van der Waals surface area contributed by atoms with E-state index >= 15 is 0 Å². The van der Waals surface area contributed by atoms with Crippen LogP contribution in [-0.2, 0) is 39.3 Å². The van der Waals surface area contributed by atoms with E-state index in [0.717, 1.165) is 31.3 Å². The van der Waals surface area contributed by atoms with Gasteiger partial charge in [0.05, 0.1) is 42.2 Å². The van der Waals surface area contributed by atoms with Gasteiger partial charge in [-0.05, 0) is 35.2 Å². The first-order valence-corrected chi connectivity index (χ1v) is 14.3. The highest BCUT2D eigenvalue weighted by atomic mass is 32.2. The average molecular weight is 600 g/mol. The number of carbonyl (C=O) groups is 2. The molecule has 1 atom stereocenters. The lowest BCUT2D eigenvalue weighted by molar-refractivity contribution is -0.139. The first-order chi connectivity index (χ1) is 19.2. The average Bonchev–Trinajstić information content (AvgIpc) is 2.94. The first-order valence-electron chi connectivity index (χ1n) is 11.4. The third-order valence-electron chi connectivity index (χ3n) is 6.32. The number of rotatable bonds is 6. The maximum atomic E-state index is 13.2. The van der Waals surface area contributed by atoms with Crippen LogP contribution in [0.25, 0.3) is 10.8 Å². The monoisotopic (exact) mass is 599 g/mol. The molecule has 0 bridgehead atoms. The van der Waals surface area contributed by atoms with Crippen LogP contribution in [0.1, 0.15) is 11.5 Å². The molecule has 13 nitrogen and oxygen atoms in total. The molecule has 4 N–H and O–H groups in total. The number of fused-ring (bicyclic) bond motifs is 1. The standard InChI is InChI=1S/C26H21N3O10S2/c1-38-25(30)22-21(14-6-4-3-5-7-14)19(13-27)24(28)29(23(22)26(31)39-2)16-9-8-15-10-17(40(32,33)34)12-20(18(15)11-16)41(35,36)37/h3-12,21H,28H2,1-2H3,(H,32,33,34)(H,35,36,37). The molecule has 0 saturated heterocycles. The minimum absolute atomic E-state index is 0.0458. The Kier molecular flexibility index (Phi) is 7.61. The Morgan fingerprint density at radius 1 is 0.927 bits per heavy atom. The first kappa shape index (κ1) is 29.2. The zero-order chi connectivity index (χ0) is 30.3. The number of nitriles is 1. The molecule has 1 aliphatic heterocycles. The number of anilines is 1. The number of carbonyl (C=O) groups excluding carboxylic acids is 2. The summed E-state index contributed by atoms with van der Waals surface area (Å²) in [5, 5.41) is 9.86. The lowest BCUT2D eigenvalue weighted by Crippen LogP contribution is -2.40. The van der Waals surface area contributed by atoms with Gasteiger partial charge in [0.15, 0.2) is 0 Å². The topological polar surface area (TPSA) is 214 Å². The summed E-state index contributed by atoms with van der Waals surface area (Å²) >= 11 is 0. The highest BCUT2D eigenvalue weighted by Crippen LogP contribution is 2.44. The summed E-state index contributed by atoms with van der Waals surface area (Å²) in [4.78, 5) is 25.7. The molecule has 0 aromatic heterocycles. The number of nitrogens with zero attached hydrogens (tertiary/aromatic N) is 2. The fourth-order valence-corrected chi connectivity index (χ4v) is 5.92. The van der Waals surface area contributed by atoms with Crippen molar-refractivity contribution >= 4 is 48.6 Å². The molecule has 1 heterocycles. The SMILES string of the molecule is COC(=O)C1=C(C(=O)OC)N(c2ccc3cc(S(=O)(=O)O)cc(S(=O)(=O)O)c3c2)C(N)=C(C#N)C1c1ccccc1. The van der Waals surface area contributed by atoms with Crippen LogP contribution < -0.4 is 10.6 Å². The summed E-state index contributed by atoms with van der Waals surface area (Å²) in [5.74, 6) is -3.49. The number of nitrogens with two attached hydrogens (primary N) is 1. The Morgan fingerprint density at radius 3 is 2.10 bits per heavy atom. The van der Waals surface area contributed by atoms with Gasteiger partial charge in [0.1, 0.15) is 16.4 Å². The number of esters is 2. The largest absolute Gasteiger partial charge is 0.466 e. The molecule has 0 amide bonds. The molecule has 0 spiro atoms. The van der Waals surface area contributed by atoms with Crippen molar-refractivity contribution in [1.29, 1.82) is 5.26 Å². The summed E-state index contributed by atoms with van der Waals surface area (Å²) in [6.07, 6.45) is 0. The quantitative estimate of drug-likeness (QED) is 0.274. The van der Waals surface area contributed by atoms with Gasteiger partial charge in [0, 0.05) is 11.1 Å². The normalized spacial score (nSPS) is 16.0. The second-order valence-corrected chi connectivity index (χ2v) is 11.4. The summed E-state index contributed by atoms with van der Waals surface area (Å²) in [6.45, 7) is 0. The van der Waals surface area contributed by atoms with Crippen molar-refractivity contribution in [3.05, 3.63) is 88.9 Å². The molecule has 1 aliphatic rings. The van der Waals surface area contributed by atoms with Gasteiger partial charge in [-0.25, -0.2) is 9.59 Å². The van der Waals surface area contributed by atoms with Gasteiger partial charge >= 0.3 is 11.9 Å². The van der Waals surface area contributed by atoms with E-state index in [0.29, 0.717) is 11.6 Å². The van der Waals surface area contributed by atoms with Crippen LogP contribution in [0.4, 0.5) is 5.69 Å². The Labute approximate surface area is 234 Å². The maximum absolute atomic E-state index is 13.2. The highest BCUT2D eigenvalue weighted by molar-refractivity contribution is 7.86. The van der Waals surface area contributed by atoms with Gasteiger partial charge in [0.2, 0.25) is 0 Å². The van der Waals surface area contributed by atoms with Gasteiger partial charge < -0.3 is 15.2 Å². The second-order valence-electron chi connectivity index (χ2n) is 8.61. The van der Waals surface area contributed by atoms with Crippen molar-refractivity contribution in [2.75, 3.05) is 19.1 Å². The van der Waals surface area contributed by atoms with E-state index in [1.165, 1.54) is 12.1 Å². The van der Waals surface area contributed by atoms with Crippen LogP contribution in [-0.4, -0.2) is 52.1 Å². The smallest absolute Gasteiger partial charge is 0.355 e. The van der Waals surface area contributed by atoms with Crippen molar-refractivity contribution < 1.29 is 45.0 Å². The minimum atomic E-state index is -5.06. The van der Waals surface area contributed by atoms with Crippen LogP contribution in [0.3, 0.4) is 0 Å². The molecule has 4 rings (SSSR count). The fourth-order valence-electron chi connectivity index (χ4n) is 4.57. The number of benzene rings is 3. The van der Waals surface area contributed by atoms with E-state index < -0.39 is 53.6 Å². The Morgan fingerprint density at radius 2 is 1.56 bits per heavy atom. The van der Waals surface area contributed by atoms with Gasteiger partial charge in [-0.1, -0.05) is 36.4 Å². The number of allylic oxidation sites excluding steroid dienone is 1. The summed E-state index contributed by atoms with van der Waals surface area (Å²) in [7, 11) is -7.81. The van der Waals surface area contributed by atoms with Gasteiger partial charge in [-0.2, -0.15) is 22.1 Å². The molecule has 3 aromatic rings. The van der Waals surface area contributed by atoms with E-state index in [2.05, 4.69) is 0 Å². The Bertz CT molecular complexity index is 1930. The van der Waals surface area contributed by atoms with Crippen LogP contribution in [0, 0.1) is 11.3 Å². The molecule has 0 fully saturated rings. The minimum Gasteiger partial charge on any atom is -0.466 e. The predicted molar refractivity (Wildman–Crippen MR) is 143 cm³/mol. The maximum Gasteiger partial charge on any atom is 0.355 e. The van der Waals surface area contributed by atoms with Crippen LogP contribution in [0.2, 0.25) is 0 Å². The number of hydrogen-bond donors (Lipinski definition) is 3. The van der Waals surface area contributed by atoms with E-state index in [1.807, 2.05) is 6.07 Å². The number of hydrogen-bond acceptors (Lipinski definition) is 11. The number of ether oxygens (including phenoxy) is 2. The van der Waals surface area contributed by atoms with Crippen LogP contribution in [0.5, 0.6) is 0 Å². The number of methoxy groups -OCH3 is 2. The zero-order valence-electron chi connectivity index (χ0n) is 21.3. The van der Waals surface area contributed by atoms with Gasteiger partial charge in [-0.3, -0.25) is 14.0 Å². The fraction of sp³-hybridized carbons (Fsp3) is 0.115. The zero-order valence-corrected chi connectivity index (χ0v) is 22.9. The van der Waals surface area contributed by atoms with E-state index in [9.17, 15) is 40.8 Å². The Hall–Kier alpha value is -4.75. The van der Waals surface area contributed by atoms with Crippen LogP contribution in [0.15, 0.2) is 93.1 Å². The van der Waals surface area contributed by atoms with Crippen molar-refractivity contribution in [3.63, 3.8) is 0 Å². The van der Waals surface area contributed by atoms with Gasteiger partial charge in [-0.15, -0.1) is 0 Å². The molecular formula is C26H21N3O10S2. The Balaban J connectivity index is 2.12. The van der Waals surface area contributed by atoms with Crippen molar-refractivity contribution in [1.82, 2.24) is 0 Å². The van der Waals surface area contributed by atoms with E-state index in [4.69, 9.17) is 15.2 Å². The van der Waals surface area contributed by atoms with Crippen LogP contribution >= 0.6 is 0 Å². The summed E-state index contributed by atoms with van der Waals surface area (Å²) < 4.78 is 77.1. The third-order valence-corrected chi connectivity index (χ3v) is 8.04. The van der Waals surface area contributed by atoms with Crippen molar-refractivity contribution in [3.8, 4) is 6.07 Å². The summed E-state index contributed by atoms with van der Waals surface area (Å²) in [5.41, 5.74) is 5.91. The molecule has 0 radical (unpaired) electrons. The third kappa shape index (κ3) is 5.24. The molecule has 212 valence electrons.